The van der Waals surface area contributed by atoms with E-state index in [2.05, 4.69) is 10.3 Å². The van der Waals surface area contributed by atoms with E-state index < -0.39 is 31.8 Å². The average Bonchev–Trinajstić information content (AvgIpc) is 3.81. The van der Waals surface area contributed by atoms with E-state index in [9.17, 15) is 18.6 Å². The SMILES string of the molecule is CC(C)(COC1(C(N)=O)CC1)S(=O)C1(CN2CCn3c(cnc3C(=O)NCc3ccc(Cl)cc3)C2=O)CC1. The fraction of sp³-hybridized carbons (Fsp3) is 0.538. The minimum atomic E-state index is -1.31. The third kappa shape index (κ3) is 5.11. The summed E-state index contributed by atoms with van der Waals surface area (Å²) in [6.07, 6.45) is 4.09. The molecule has 0 spiro atoms. The fourth-order valence-corrected chi connectivity index (χ4v) is 7.08. The molecule has 38 heavy (non-hydrogen) atoms. The quantitative estimate of drug-likeness (QED) is 0.431. The molecule has 1 atom stereocenters. The van der Waals surface area contributed by atoms with Crippen LogP contribution in [0.15, 0.2) is 30.5 Å². The normalized spacial score (nSPS) is 20.0. The van der Waals surface area contributed by atoms with Gasteiger partial charge in [-0.3, -0.25) is 18.6 Å². The molecule has 2 aliphatic carbocycles. The Kier molecular flexibility index (Phi) is 6.90. The number of carbonyl (C=O) groups is 3. The highest BCUT2D eigenvalue weighted by atomic mass is 35.5. The van der Waals surface area contributed by atoms with Gasteiger partial charge in [0.2, 0.25) is 5.91 Å². The maximum Gasteiger partial charge on any atom is 0.287 e. The van der Waals surface area contributed by atoms with E-state index in [1.807, 2.05) is 26.0 Å². The first-order chi connectivity index (χ1) is 18.0. The Morgan fingerprint density at radius 1 is 1.18 bits per heavy atom. The van der Waals surface area contributed by atoms with Crippen molar-refractivity contribution in [3.8, 4) is 0 Å². The van der Waals surface area contributed by atoms with Gasteiger partial charge in [0.05, 0.1) is 22.3 Å². The first-order valence-electron chi connectivity index (χ1n) is 12.7. The zero-order chi connectivity index (χ0) is 27.3. The lowest BCUT2D eigenvalue weighted by atomic mass is 10.2. The molecule has 3 N–H and O–H groups in total. The predicted molar refractivity (Wildman–Crippen MR) is 142 cm³/mol. The molecular weight excluding hydrogens is 530 g/mol. The Labute approximate surface area is 228 Å². The molecule has 2 heterocycles. The van der Waals surface area contributed by atoms with Gasteiger partial charge in [-0.2, -0.15) is 0 Å². The molecule has 3 aliphatic rings. The summed E-state index contributed by atoms with van der Waals surface area (Å²) in [6.45, 7) is 5.35. The van der Waals surface area contributed by atoms with Crippen LogP contribution in [-0.2, 0) is 33.4 Å². The Morgan fingerprint density at radius 2 is 1.87 bits per heavy atom. The maximum absolute atomic E-state index is 13.7. The van der Waals surface area contributed by atoms with Crippen LogP contribution < -0.4 is 11.1 Å². The first kappa shape index (κ1) is 26.8. The zero-order valence-corrected chi connectivity index (χ0v) is 23.1. The topological polar surface area (TPSA) is 137 Å². The maximum atomic E-state index is 13.7. The first-order valence-corrected chi connectivity index (χ1v) is 14.2. The van der Waals surface area contributed by atoms with Gasteiger partial charge in [0.25, 0.3) is 11.8 Å². The molecule has 5 rings (SSSR count). The number of aromatic nitrogens is 2. The van der Waals surface area contributed by atoms with Crippen LogP contribution in [0.5, 0.6) is 0 Å². The Balaban J connectivity index is 1.21. The monoisotopic (exact) mass is 561 g/mol. The van der Waals surface area contributed by atoms with E-state index in [4.69, 9.17) is 22.1 Å². The van der Waals surface area contributed by atoms with Gasteiger partial charge in [-0.05, 0) is 57.2 Å². The lowest BCUT2D eigenvalue weighted by Crippen LogP contribution is -2.50. The van der Waals surface area contributed by atoms with Crippen LogP contribution in [0.4, 0.5) is 0 Å². The highest BCUT2D eigenvalue weighted by molar-refractivity contribution is 7.88. The standard InChI is InChI=1S/C26H32ClN5O5S/c1-24(2,16-37-26(9-10-26)23(28)35)38(36)25(7-8-25)15-31-11-12-32-19(22(31)34)14-29-20(32)21(33)30-13-17-3-5-18(27)6-4-17/h3-6,14H,7-13,15-16H2,1-2H3,(H2,28,35)(H,30,33). The van der Waals surface area contributed by atoms with E-state index in [-0.39, 0.29) is 24.2 Å². The zero-order valence-electron chi connectivity index (χ0n) is 21.5. The molecule has 0 radical (unpaired) electrons. The molecule has 1 aromatic heterocycles. The van der Waals surface area contributed by atoms with Crippen molar-refractivity contribution < 1.29 is 23.3 Å². The second-order valence-electron chi connectivity index (χ2n) is 11.0. The smallest absolute Gasteiger partial charge is 0.287 e. The number of nitrogens with one attached hydrogen (secondary N) is 1. The highest BCUT2D eigenvalue weighted by Gasteiger charge is 2.57. The summed E-state index contributed by atoms with van der Waals surface area (Å²) in [5.41, 5.74) is 5.78. The highest BCUT2D eigenvalue weighted by Crippen LogP contribution is 2.48. The summed E-state index contributed by atoms with van der Waals surface area (Å²) in [5.74, 6) is -0.885. The molecule has 0 bridgehead atoms. The number of fused-ring (bicyclic) bond motifs is 1. The van der Waals surface area contributed by atoms with Crippen LogP contribution in [0.25, 0.3) is 0 Å². The number of primary amides is 1. The number of benzene rings is 1. The lowest BCUT2D eigenvalue weighted by Gasteiger charge is -2.35. The molecule has 1 aromatic carbocycles. The number of rotatable bonds is 11. The van der Waals surface area contributed by atoms with Crippen molar-refractivity contribution in [3.63, 3.8) is 0 Å². The number of hydrogen-bond acceptors (Lipinski definition) is 6. The molecule has 3 amide bonds. The molecule has 10 nitrogen and oxygen atoms in total. The van der Waals surface area contributed by atoms with Crippen LogP contribution in [0.2, 0.25) is 5.02 Å². The number of nitrogens with zero attached hydrogens (tertiary/aromatic N) is 3. The summed E-state index contributed by atoms with van der Waals surface area (Å²) in [5, 5.41) is 3.46. The van der Waals surface area contributed by atoms with Gasteiger partial charge in [0.1, 0.15) is 11.3 Å². The van der Waals surface area contributed by atoms with Gasteiger partial charge in [-0.1, -0.05) is 23.7 Å². The van der Waals surface area contributed by atoms with Crippen molar-refractivity contribution in [2.75, 3.05) is 19.7 Å². The van der Waals surface area contributed by atoms with E-state index in [0.29, 0.717) is 49.7 Å². The summed E-state index contributed by atoms with van der Waals surface area (Å²) in [4.78, 5) is 43.7. The molecule has 204 valence electrons. The predicted octanol–water partition coefficient (Wildman–Crippen LogP) is 2.02. The molecule has 2 fully saturated rings. The van der Waals surface area contributed by atoms with Gasteiger partial charge in [0.15, 0.2) is 5.82 Å². The molecule has 0 saturated heterocycles. The number of amides is 3. The number of imidazole rings is 1. The number of halogens is 1. The third-order valence-electron chi connectivity index (χ3n) is 7.56. The van der Waals surface area contributed by atoms with Crippen LogP contribution in [0.3, 0.4) is 0 Å². The summed E-state index contributed by atoms with van der Waals surface area (Å²) in [6, 6.07) is 7.17. The minimum absolute atomic E-state index is 0.152. The number of nitrogens with two attached hydrogens (primary N) is 1. The van der Waals surface area contributed by atoms with Crippen LogP contribution in [-0.4, -0.2) is 71.2 Å². The Morgan fingerprint density at radius 3 is 2.47 bits per heavy atom. The molecule has 12 heteroatoms. The van der Waals surface area contributed by atoms with Crippen molar-refractivity contribution >= 4 is 40.1 Å². The third-order valence-corrected chi connectivity index (χ3v) is 10.3. The second kappa shape index (κ2) is 9.77. The molecule has 2 saturated carbocycles. The largest absolute Gasteiger partial charge is 0.367 e. The molecule has 2 aromatic rings. The van der Waals surface area contributed by atoms with Gasteiger partial charge in [0, 0.05) is 42.0 Å². The van der Waals surface area contributed by atoms with Crippen molar-refractivity contribution in [2.24, 2.45) is 5.73 Å². The number of ether oxygens (including phenoxy) is 1. The van der Waals surface area contributed by atoms with E-state index in [1.54, 1.807) is 21.6 Å². The van der Waals surface area contributed by atoms with Crippen molar-refractivity contribution in [1.29, 1.82) is 0 Å². The van der Waals surface area contributed by atoms with Gasteiger partial charge in [-0.15, -0.1) is 0 Å². The van der Waals surface area contributed by atoms with E-state index in [0.717, 1.165) is 18.4 Å². The van der Waals surface area contributed by atoms with Crippen molar-refractivity contribution in [2.45, 2.75) is 67.7 Å². The molecule has 1 aliphatic heterocycles. The minimum Gasteiger partial charge on any atom is -0.367 e. The molecular formula is C26H32ClN5O5S. The van der Waals surface area contributed by atoms with Gasteiger partial charge in [-0.25, -0.2) is 4.98 Å². The Bertz CT molecular complexity index is 1300. The van der Waals surface area contributed by atoms with Gasteiger partial charge >= 0.3 is 0 Å². The van der Waals surface area contributed by atoms with Crippen LogP contribution >= 0.6 is 11.6 Å². The van der Waals surface area contributed by atoms with Crippen LogP contribution in [0, 0.1) is 0 Å². The average molecular weight is 562 g/mol. The summed E-state index contributed by atoms with van der Waals surface area (Å²) in [7, 11) is -1.31. The molecule has 1 unspecified atom stereocenters. The summed E-state index contributed by atoms with van der Waals surface area (Å²) >= 11 is 5.91. The van der Waals surface area contributed by atoms with E-state index >= 15 is 0 Å². The Hall–Kier alpha value is -2.76. The lowest BCUT2D eigenvalue weighted by molar-refractivity contribution is -0.132. The fourth-order valence-electron chi connectivity index (χ4n) is 4.87. The van der Waals surface area contributed by atoms with Crippen molar-refractivity contribution in [3.05, 3.63) is 52.6 Å². The van der Waals surface area contributed by atoms with Gasteiger partial charge < -0.3 is 25.3 Å². The number of carbonyl (C=O) groups excluding carboxylic acids is 3. The second-order valence-corrected chi connectivity index (χ2v) is 14.0. The van der Waals surface area contributed by atoms with Crippen molar-refractivity contribution in [1.82, 2.24) is 19.8 Å². The number of hydrogen-bond donors (Lipinski definition) is 2. The summed E-state index contributed by atoms with van der Waals surface area (Å²) < 4.78 is 19.9. The van der Waals surface area contributed by atoms with Crippen LogP contribution in [0.1, 0.15) is 66.2 Å². The van der Waals surface area contributed by atoms with E-state index in [1.165, 1.54) is 6.20 Å².